The van der Waals surface area contributed by atoms with Gasteiger partial charge >= 0.3 is 0 Å². The van der Waals surface area contributed by atoms with Crippen molar-refractivity contribution < 1.29 is 5.11 Å². The predicted octanol–water partition coefficient (Wildman–Crippen LogP) is 2.51. The Morgan fingerprint density at radius 3 is 2.27 bits per heavy atom. The molecule has 2 rings (SSSR count). The largest absolute Gasteiger partial charge is 0.399 e. The Balaban J connectivity index is 2.03. The third kappa shape index (κ3) is 2.72. The molecule has 0 aromatic heterocycles. The molecule has 0 unspecified atom stereocenters. The van der Waals surface area contributed by atoms with Gasteiger partial charge in [-0.1, -0.05) is 31.4 Å². The number of benzene rings is 1. The third-order valence-corrected chi connectivity index (χ3v) is 3.30. The second-order valence-corrected chi connectivity index (χ2v) is 4.70. The smallest absolute Gasteiger partial charge is 0.0688 e. The third-order valence-electron chi connectivity index (χ3n) is 3.30. The summed E-state index contributed by atoms with van der Waals surface area (Å²) in [5, 5.41) is 10.4. The molecule has 0 radical (unpaired) electrons. The average molecular weight is 205 g/mol. The van der Waals surface area contributed by atoms with Gasteiger partial charge in [0.1, 0.15) is 0 Å². The SMILES string of the molecule is Nc1ccc(CC2(O)CCCCC2)cc1. The van der Waals surface area contributed by atoms with Crippen molar-refractivity contribution in [1.82, 2.24) is 0 Å². The van der Waals surface area contributed by atoms with E-state index >= 15 is 0 Å². The Labute approximate surface area is 91.1 Å². The molecule has 2 nitrogen and oxygen atoms in total. The van der Waals surface area contributed by atoms with E-state index < -0.39 is 5.60 Å². The summed E-state index contributed by atoms with van der Waals surface area (Å²) in [6, 6.07) is 7.84. The highest BCUT2D eigenvalue weighted by molar-refractivity contribution is 5.39. The Hall–Kier alpha value is -1.02. The molecule has 1 aromatic rings. The standard InChI is InChI=1S/C13H19NO/c14-12-6-4-11(5-7-12)10-13(15)8-2-1-3-9-13/h4-7,15H,1-3,8-10,14H2. The summed E-state index contributed by atoms with van der Waals surface area (Å²) in [7, 11) is 0. The highest BCUT2D eigenvalue weighted by Crippen LogP contribution is 2.31. The van der Waals surface area contributed by atoms with E-state index in [2.05, 4.69) is 0 Å². The molecule has 0 bridgehead atoms. The first-order chi connectivity index (χ1) is 7.18. The monoisotopic (exact) mass is 205 g/mol. The maximum atomic E-state index is 10.4. The maximum Gasteiger partial charge on any atom is 0.0688 e. The van der Waals surface area contributed by atoms with Gasteiger partial charge in [0, 0.05) is 12.1 Å². The number of hydrogen-bond donors (Lipinski definition) is 2. The van der Waals surface area contributed by atoms with Crippen molar-refractivity contribution in [1.29, 1.82) is 0 Å². The van der Waals surface area contributed by atoms with Crippen molar-refractivity contribution in [3.63, 3.8) is 0 Å². The lowest BCUT2D eigenvalue weighted by atomic mass is 9.80. The predicted molar refractivity (Wildman–Crippen MR) is 62.6 cm³/mol. The van der Waals surface area contributed by atoms with Crippen LogP contribution in [0.15, 0.2) is 24.3 Å². The molecular weight excluding hydrogens is 186 g/mol. The van der Waals surface area contributed by atoms with Crippen molar-refractivity contribution in [3.8, 4) is 0 Å². The van der Waals surface area contributed by atoms with Crippen LogP contribution in [0.25, 0.3) is 0 Å². The summed E-state index contributed by atoms with van der Waals surface area (Å²) in [6.07, 6.45) is 6.24. The van der Waals surface area contributed by atoms with Gasteiger partial charge in [0.2, 0.25) is 0 Å². The highest BCUT2D eigenvalue weighted by Gasteiger charge is 2.28. The van der Waals surface area contributed by atoms with Gasteiger partial charge < -0.3 is 10.8 Å². The summed E-state index contributed by atoms with van der Waals surface area (Å²) in [5.41, 5.74) is 7.14. The molecule has 15 heavy (non-hydrogen) atoms. The van der Waals surface area contributed by atoms with Gasteiger partial charge in [-0.05, 0) is 30.5 Å². The van der Waals surface area contributed by atoms with E-state index in [1.807, 2.05) is 24.3 Å². The van der Waals surface area contributed by atoms with Crippen LogP contribution in [0.4, 0.5) is 5.69 Å². The van der Waals surface area contributed by atoms with E-state index in [1.165, 1.54) is 12.0 Å². The minimum atomic E-state index is -0.464. The van der Waals surface area contributed by atoms with E-state index in [1.54, 1.807) is 0 Å². The molecule has 0 amide bonds. The van der Waals surface area contributed by atoms with Crippen LogP contribution in [0, 0.1) is 0 Å². The zero-order valence-electron chi connectivity index (χ0n) is 9.08. The topological polar surface area (TPSA) is 46.2 Å². The fraction of sp³-hybridized carbons (Fsp3) is 0.538. The van der Waals surface area contributed by atoms with Crippen LogP contribution < -0.4 is 5.73 Å². The quantitative estimate of drug-likeness (QED) is 0.729. The number of hydrogen-bond acceptors (Lipinski definition) is 2. The van der Waals surface area contributed by atoms with Crippen molar-refractivity contribution in [3.05, 3.63) is 29.8 Å². The van der Waals surface area contributed by atoms with Crippen LogP contribution in [0.5, 0.6) is 0 Å². The van der Waals surface area contributed by atoms with Gasteiger partial charge in [-0.2, -0.15) is 0 Å². The summed E-state index contributed by atoms with van der Waals surface area (Å²) < 4.78 is 0. The zero-order valence-corrected chi connectivity index (χ0v) is 9.08. The molecule has 1 aromatic carbocycles. The minimum absolute atomic E-state index is 0.464. The highest BCUT2D eigenvalue weighted by atomic mass is 16.3. The molecule has 0 saturated heterocycles. The van der Waals surface area contributed by atoms with Gasteiger partial charge in [0.25, 0.3) is 0 Å². The first-order valence-electron chi connectivity index (χ1n) is 5.75. The van der Waals surface area contributed by atoms with Gasteiger partial charge in [-0.25, -0.2) is 0 Å². The number of nitrogen functional groups attached to an aromatic ring is 1. The van der Waals surface area contributed by atoms with Crippen molar-refractivity contribution in [2.45, 2.75) is 44.1 Å². The molecule has 1 aliphatic carbocycles. The Kier molecular flexibility index (Phi) is 2.96. The van der Waals surface area contributed by atoms with Crippen LogP contribution in [-0.4, -0.2) is 10.7 Å². The summed E-state index contributed by atoms with van der Waals surface area (Å²) in [5.74, 6) is 0. The summed E-state index contributed by atoms with van der Waals surface area (Å²) in [4.78, 5) is 0. The van der Waals surface area contributed by atoms with Crippen molar-refractivity contribution in [2.24, 2.45) is 0 Å². The molecule has 2 heteroatoms. The van der Waals surface area contributed by atoms with E-state index in [9.17, 15) is 5.11 Å². The van der Waals surface area contributed by atoms with Crippen LogP contribution in [0.1, 0.15) is 37.7 Å². The average Bonchev–Trinajstić information content (AvgIpc) is 2.22. The molecule has 0 aliphatic heterocycles. The van der Waals surface area contributed by atoms with E-state index in [-0.39, 0.29) is 0 Å². The lowest BCUT2D eigenvalue weighted by Crippen LogP contribution is -2.33. The second-order valence-electron chi connectivity index (χ2n) is 4.70. The minimum Gasteiger partial charge on any atom is -0.399 e. The molecule has 0 atom stereocenters. The van der Waals surface area contributed by atoms with Gasteiger partial charge in [-0.15, -0.1) is 0 Å². The van der Waals surface area contributed by atoms with Crippen molar-refractivity contribution >= 4 is 5.69 Å². The number of nitrogens with two attached hydrogens (primary N) is 1. The molecule has 0 spiro atoms. The number of rotatable bonds is 2. The first kappa shape index (κ1) is 10.5. The second kappa shape index (κ2) is 4.23. The van der Waals surface area contributed by atoms with Crippen LogP contribution in [-0.2, 0) is 6.42 Å². The Morgan fingerprint density at radius 1 is 1.07 bits per heavy atom. The lowest BCUT2D eigenvalue weighted by Gasteiger charge is -2.32. The van der Waals surface area contributed by atoms with Crippen molar-refractivity contribution in [2.75, 3.05) is 5.73 Å². The molecule has 0 heterocycles. The first-order valence-corrected chi connectivity index (χ1v) is 5.75. The molecule has 82 valence electrons. The molecular formula is C13H19NO. The maximum absolute atomic E-state index is 10.4. The van der Waals surface area contributed by atoms with Crippen LogP contribution >= 0.6 is 0 Å². The molecule has 3 N–H and O–H groups in total. The summed E-state index contributed by atoms with van der Waals surface area (Å²) >= 11 is 0. The zero-order chi connectivity index (χ0) is 10.7. The van der Waals surface area contributed by atoms with E-state index in [0.717, 1.165) is 37.8 Å². The van der Waals surface area contributed by atoms with E-state index in [0.29, 0.717) is 0 Å². The normalized spacial score (nSPS) is 20.1. The van der Waals surface area contributed by atoms with E-state index in [4.69, 9.17) is 5.73 Å². The van der Waals surface area contributed by atoms with Gasteiger partial charge in [0.05, 0.1) is 5.60 Å². The molecule has 1 fully saturated rings. The number of anilines is 1. The fourth-order valence-electron chi connectivity index (χ4n) is 2.40. The lowest BCUT2D eigenvalue weighted by molar-refractivity contribution is 0.00449. The fourth-order valence-corrected chi connectivity index (χ4v) is 2.40. The van der Waals surface area contributed by atoms with Gasteiger partial charge in [-0.3, -0.25) is 0 Å². The molecule has 1 aliphatic rings. The Morgan fingerprint density at radius 2 is 1.67 bits per heavy atom. The van der Waals surface area contributed by atoms with Crippen LogP contribution in [0.3, 0.4) is 0 Å². The molecule has 1 saturated carbocycles. The van der Waals surface area contributed by atoms with Crippen LogP contribution in [0.2, 0.25) is 0 Å². The Bertz CT molecular complexity index is 312. The summed E-state index contributed by atoms with van der Waals surface area (Å²) in [6.45, 7) is 0. The van der Waals surface area contributed by atoms with Gasteiger partial charge in [0.15, 0.2) is 0 Å². The number of aliphatic hydroxyl groups is 1.